The van der Waals surface area contributed by atoms with Crippen molar-refractivity contribution in [3.05, 3.63) is 64.7 Å². The van der Waals surface area contributed by atoms with Crippen LogP contribution >= 0.6 is 0 Å². The van der Waals surface area contributed by atoms with Gasteiger partial charge in [0.1, 0.15) is 5.75 Å². The Labute approximate surface area is 222 Å². The molecule has 7 heteroatoms. The molecule has 37 heavy (non-hydrogen) atoms. The molecule has 0 aliphatic carbocycles. The van der Waals surface area contributed by atoms with E-state index in [0.717, 1.165) is 44.2 Å². The molecular weight excluding hydrogens is 466 g/mol. The summed E-state index contributed by atoms with van der Waals surface area (Å²) in [4.78, 5) is 29.7. The van der Waals surface area contributed by atoms with E-state index in [0.29, 0.717) is 49.4 Å². The summed E-state index contributed by atoms with van der Waals surface area (Å²) < 4.78 is 0. The van der Waals surface area contributed by atoms with Crippen molar-refractivity contribution in [3.8, 4) is 5.75 Å². The van der Waals surface area contributed by atoms with Gasteiger partial charge < -0.3 is 25.3 Å². The Balaban J connectivity index is 1.90. The van der Waals surface area contributed by atoms with Crippen LogP contribution < -0.4 is 5.32 Å². The van der Waals surface area contributed by atoms with E-state index in [-0.39, 0.29) is 17.6 Å². The average molecular weight is 512 g/mol. The van der Waals surface area contributed by atoms with Gasteiger partial charge in [0.25, 0.3) is 11.8 Å². The van der Waals surface area contributed by atoms with E-state index >= 15 is 0 Å². The quantitative estimate of drug-likeness (QED) is 0.282. The number of nitrogens with zero attached hydrogens (tertiary/aromatic N) is 2. The number of carbonyl (C=O) groups excluding carboxylic acids is 2. The van der Waals surface area contributed by atoms with E-state index in [9.17, 15) is 19.8 Å². The molecule has 1 atom stereocenters. The van der Waals surface area contributed by atoms with Crippen LogP contribution in [0.5, 0.6) is 5.75 Å². The number of aromatic hydroxyl groups is 1. The molecule has 0 bridgehead atoms. The second kappa shape index (κ2) is 16.0. The Kier molecular flexibility index (Phi) is 13.2. The van der Waals surface area contributed by atoms with Crippen molar-refractivity contribution in [1.82, 2.24) is 15.1 Å². The lowest BCUT2D eigenvalue weighted by atomic mass is 9.96. The van der Waals surface area contributed by atoms with Crippen LogP contribution in [-0.2, 0) is 6.42 Å². The van der Waals surface area contributed by atoms with Gasteiger partial charge in [0.15, 0.2) is 0 Å². The maximum atomic E-state index is 13.1. The standard InChI is InChI=1S/C30H45N3O4/c1-5-32(6-2)29(36)25-17-18-27(30(37)33(7-3)8-4)23(20-25)14-11-9-10-12-19-31-22-28(35)24-15-13-16-26(34)21-24/h13,15-18,20-21,28,31,34-35H,5-12,14,19,22H2,1-4H3. The van der Waals surface area contributed by atoms with Gasteiger partial charge in [-0.2, -0.15) is 0 Å². The molecule has 0 spiro atoms. The second-order valence-electron chi connectivity index (χ2n) is 9.31. The van der Waals surface area contributed by atoms with Crippen LogP contribution in [0.3, 0.4) is 0 Å². The monoisotopic (exact) mass is 511 g/mol. The Bertz CT molecular complexity index is 987. The number of unbranched alkanes of at least 4 members (excludes halogenated alkanes) is 3. The van der Waals surface area contributed by atoms with Crippen LogP contribution in [0.15, 0.2) is 42.5 Å². The van der Waals surface area contributed by atoms with Crippen molar-refractivity contribution in [1.29, 1.82) is 0 Å². The third kappa shape index (κ3) is 9.17. The number of phenols is 1. The van der Waals surface area contributed by atoms with Crippen LogP contribution in [0, 0.1) is 0 Å². The fraction of sp³-hybridized carbons (Fsp3) is 0.533. The van der Waals surface area contributed by atoms with Crippen molar-refractivity contribution < 1.29 is 19.8 Å². The van der Waals surface area contributed by atoms with Crippen molar-refractivity contribution in [2.75, 3.05) is 39.3 Å². The number of amides is 2. The second-order valence-corrected chi connectivity index (χ2v) is 9.31. The van der Waals surface area contributed by atoms with Gasteiger partial charge in [0.05, 0.1) is 6.10 Å². The summed E-state index contributed by atoms with van der Waals surface area (Å²) in [5.41, 5.74) is 2.98. The minimum Gasteiger partial charge on any atom is -0.508 e. The summed E-state index contributed by atoms with van der Waals surface area (Å²) in [5, 5.41) is 23.1. The molecule has 0 fully saturated rings. The first-order chi connectivity index (χ1) is 17.9. The Morgan fingerprint density at radius 3 is 2.14 bits per heavy atom. The molecule has 204 valence electrons. The Morgan fingerprint density at radius 1 is 0.838 bits per heavy atom. The number of phenolic OH excluding ortho intramolecular Hbond substituents is 1. The van der Waals surface area contributed by atoms with Crippen molar-refractivity contribution in [2.24, 2.45) is 0 Å². The SMILES string of the molecule is CCN(CC)C(=O)c1ccc(C(=O)N(CC)CC)c(CCCCCCNCC(O)c2cccc(O)c2)c1. The van der Waals surface area contributed by atoms with E-state index in [2.05, 4.69) is 5.32 Å². The zero-order valence-corrected chi connectivity index (χ0v) is 23.0. The summed E-state index contributed by atoms with van der Waals surface area (Å²) in [7, 11) is 0. The number of rotatable bonds is 16. The van der Waals surface area contributed by atoms with E-state index in [4.69, 9.17) is 0 Å². The van der Waals surface area contributed by atoms with Crippen molar-refractivity contribution in [2.45, 2.75) is 65.9 Å². The zero-order valence-electron chi connectivity index (χ0n) is 23.0. The van der Waals surface area contributed by atoms with Crippen molar-refractivity contribution in [3.63, 3.8) is 0 Å². The lowest BCUT2D eigenvalue weighted by Gasteiger charge is -2.22. The number of aryl methyl sites for hydroxylation is 1. The minimum atomic E-state index is -0.653. The highest BCUT2D eigenvalue weighted by atomic mass is 16.3. The molecule has 3 N–H and O–H groups in total. The molecule has 2 rings (SSSR count). The van der Waals surface area contributed by atoms with Crippen LogP contribution in [0.2, 0.25) is 0 Å². The molecule has 0 radical (unpaired) electrons. The third-order valence-corrected chi connectivity index (χ3v) is 6.83. The number of carbonyl (C=O) groups is 2. The number of aliphatic hydroxyl groups excluding tert-OH is 1. The lowest BCUT2D eigenvalue weighted by molar-refractivity contribution is 0.0759. The van der Waals surface area contributed by atoms with Crippen LogP contribution in [0.4, 0.5) is 0 Å². The topological polar surface area (TPSA) is 93.1 Å². The molecule has 1 unspecified atom stereocenters. The predicted molar refractivity (Wildman–Crippen MR) is 149 cm³/mol. The Morgan fingerprint density at radius 2 is 1.49 bits per heavy atom. The van der Waals surface area contributed by atoms with Crippen LogP contribution in [-0.4, -0.2) is 71.1 Å². The molecule has 0 aliphatic rings. The van der Waals surface area contributed by atoms with Gasteiger partial charge in [0.2, 0.25) is 0 Å². The fourth-order valence-corrected chi connectivity index (χ4v) is 4.52. The van der Waals surface area contributed by atoms with E-state index in [1.165, 1.54) is 0 Å². The maximum Gasteiger partial charge on any atom is 0.254 e. The molecule has 2 aromatic carbocycles. The highest BCUT2D eigenvalue weighted by molar-refractivity contribution is 5.99. The molecule has 2 aromatic rings. The lowest BCUT2D eigenvalue weighted by Crippen LogP contribution is -2.32. The predicted octanol–water partition coefficient (Wildman–Crippen LogP) is 4.78. The molecule has 0 aliphatic heterocycles. The highest BCUT2D eigenvalue weighted by Gasteiger charge is 2.20. The van der Waals surface area contributed by atoms with Gasteiger partial charge in [-0.3, -0.25) is 9.59 Å². The molecule has 2 amide bonds. The summed E-state index contributed by atoms with van der Waals surface area (Å²) in [6.07, 6.45) is 4.08. The van der Waals surface area contributed by atoms with Crippen molar-refractivity contribution >= 4 is 11.8 Å². The maximum absolute atomic E-state index is 13.1. The third-order valence-electron chi connectivity index (χ3n) is 6.83. The number of benzene rings is 2. The smallest absolute Gasteiger partial charge is 0.254 e. The highest BCUT2D eigenvalue weighted by Crippen LogP contribution is 2.20. The molecule has 0 saturated heterocycles. The van der Waals surface area contributed by atoms with Gasteiger partial charge in [-0.25, -0.2) is 0 Å². The van der Waals surface area contributed by atoms with Crippen LogP contribution in [0.1, 0.15) is 91.3 Å². The van der Waals surface area contributed by atoms with E-state index < -0.39 is 6.10 Å². The van der Waals surface area contributed by atoms with Gasteiger partial charge >= 0.3 is 0 Å². The molecule has 0 saturated carbocycles. The summed E-state index contributed by atoms with van der Waals surface area (Å²) in [6.45, 7) is 11.8. The van der Waals surface area contributed by atoms with Crippen LogP contribution in [0.25, 0.3) is 0 Å². The average Bonchev–Trinajstić information content (AvgIpc) is 2.91. The number of hydrogen-bond acceptors (Lipinski definition) is 5. The molecule has 0 aromatic heterocycles. The van der Waals surface area contributed by atoms with Gasteiger partial charge in [0, 0.05) is 43.9 Å². The summed E-state index contributed by atoms with van der Waals surface area (Å²) in [6, 6.07) is 12.2. The number of hydrogen-bond donors (Lipinski definition) is 3. The Hall–Kier alpha value is -2.90. The van der Waals surface area contributed by atoms with Gasteiger partial charge in [-0.1, -0.05) is 25.0 Å². The number of aliphatic hydroxyl groups is 1. The summed E-state index contributed by atoms with van der Waals surface area (Å²) >= 11 is 0. The normalized spacial score (nSPS) is 11.8. The van der Waals surface area contributed by atoms with E-state index in [1.807, 2.05) is 44.7 Å². The molecule has 7 nitrogen and oxygen atoms in total. The first-order valence-corrected chi connectivity index (χ1v) is 13.7. The van der Waals surface area contributed by atoms with Gasteiger partial charge in [-0.05, 0) is 95.0 Å². The molecule has 0 heterocycles. The molecular formula is C30H45N3O4. The minimum absolute atomic E-state index is 0.00654. The number of nitrogens with one attached hydrogen (secondary N) is 1. The first kappa shape index (κ1) is 30.3. The summed E-state index contributed by atoms with van der Waals surface area (Å²) in [5.74, 6) is 0.185. The van der Waals surface area contributed by atoms with Gasteiger partial charge in [-0.15, -0.1) is 0 Å². The first-order valence-electron chi connectivity index (χ1n) is 13.7. The largest absolute Gasteiger partial charge is 0.508 e. The fourth-order valence-electron chi connectivity index (χ4n) is 4.52. The zero-order chi connectivity index (χ0) is 27.2. The van der Waals surface area contributed by atoms with E-state index in [1.54, 1.807) is 35.2 Å².